The Morgan fingerprint density at radius 2 is 2.19 bits per heavy atom. The van der Waals surface area contributed by atoms with Crippen molar-refractivity contribution in [2.75, 3.05) is 40.0 Å². The Labute approximate surface area is 98.3 Å². The monoisotopic (exact) mass is 231 g/mol. The maximum atomic E-state index is 9.56. The van der Waals surface area contributed by atoms with Crippen LogP contribution in [0.3, 0.4) is 0 Å². The van der Waals surface area contributed by atoms with Gasteiger partial charge in [0.25, 0.3) is 0 Å². The zero-order valence-corrected chi connectivity index (χ0v) is 10.3. The van der Waals surface area contributed by atoms with Crippen molar-refractivity contribution >= 4 is 0 Å². The molecule has 0 saturated heterocycles. The van der Waals surface area contributed by atoms with Gasteiger partial charge in [0.05, 0.1) is 25.9 Å². The molecular formula is C12H25NO3. The van der Waals surface area contributed by atoms with E-state index in [9.17, 15) is 5.11 Å². The third-order valence-electron chi connectivity index (χ3n) is 3.08. The summed E-state index contributed by atoms with van der Waals surface area (Å²) in [5.41, 5.74) is 0. The predicted molar refractivity (Wildman–Crippen MR) is 63.5 cm³/mol. The Morgan fingerprint density at radius 3 is 2.81 bits per heavy atom. The molecule has 96 valence electrons. The molecule has 1 aliphatic carbocycles. The molecule has 0 spiro atoms. The van der Waals surface area contributed by atoms with Crippen LogP contribution in [0, 0.1) is 5.92 Å². The van der Waals surface area contributed by atoms with Gasteiger partial charge in [0.15, 0.2) is 0 Å². The van der Waals surface area contributed by atoms with E-state index in [1.807, 2.05) is 0 Å². The van der Waals surface area contributed by atoms with Gasteiger partial charge in [0.2, 0.25) is 0 Å². The second-order valence-corrected chi connectivity index (χ2v) is 4.51. The number of nitrogens with one attached hydrogen (secondary N) is 1. The maximum Gasteiger partial charge on any atom is 0.0897 e. The van der Waals surface area contributed by atoms with E-state index in [1.54, 1.807) is 7.11 Å². The molecule has 4 nitrogen and oxygen atoms in total. The van der Waals surface area contributed by atoms with Crippen LogP contribution in [-0.2, 0) is 9.47 Å². The molecule has 0 aromatic carbocycles. The quantitative estimate of drug-likeness (QED) is 0.546. The van der Waals surface area contributed by atoms with Gasteiger partial charge in [-0.15, -0.1) is 0 Å². The normalized spacial score (nSPS) is 18.4. The molecule has 0 amide bonds. The van der Waals surface area contributed by atoms with Crippen molar-refractivity contribution in [2.24, 2.45) is 5.92 Å². The molecule has 1 saturated carbocycles. The average molecular weight is 231 g/mol. The topological polar surface area (TPSA) is 50.7 Å². The number of aliphatic hydroxyl groups excluding tert-OH is 1. The third kappa shape index (κ3) is 6.43. The fourth-order valence-electron chi connectivity index (χ4n) is 1.78. The van der Waals surface area contributed by atoms with Gasteiger partial charge in [-0.05, 0) is 18.9 Å². The molecule has 16 heavy (non-hydrogen) atoms. The van der Waals surface area contributed by atoms with Crippen molar-refractivity contribution in [2.45, 2.75) is 31.8 Å². The van der Waals surface area contributed by atoms with Gasteiger partial charge in [-0.1, -0.05) is 19.3 Å². The van der Waals surface area contributed by atoms with Crippen molar-refractivity contribution in [3.63, 3.8) is 0 Å². The molecule has 0 aromatic heterocycles. The number of hydrogen-bond donors (Lipinski definition) is 2. The van der Waals surface area contributed by atoms with E-state index in [4.69, 9.17) is 9.47 Å². The lowest BCUT2D eigenvalue weighted by Crippen LogP contribution is -2.32. The highest BCUT2D eigenvalue weighted by Gasteiger charge is 2.16. The molecule has 0 aliphatic heterocycles. The van der Waals surface area contributed by atoms with E-state index in [0.29, 0.717) is 26.4 Å². The van der Waals surface area contributed by atoms with Gasteiger partial charge in [0.1, 0.15) is 0 Å². The second-order valence-electron chi connectivity index (χ2n) is 4.51. The molecule has 1 atom stereocenters. The van der Waals surface area contributed by atoms with Crippen LogP contribution in [0.1, 0.15) is 25.7 Å². The first kappa shape index (κ1) is 13.9. The van der Waals surface area contributed by atoms with Gasteiger partial charge in [0, 0.05) is 13.7 Å². The van der Waals surface area contributed by atoms with Gasteiger partial charge >= 0.3 is 0 Å². The van der Waals surface area contributed by atoms with Crippen LogP contribution in [0.4, 0.5) is 0 Å². The first-order chi connectivity index (χ1) is 7.83. The highest BCUT2D eigenvalue weighted by molar-refractivity contribution is 4.70. The maximum absolute atomic E-state index is 9.56. The summed E-state index contributed by atoms with van der Waals surface area (Å²) < 4.78 is 10.1. The Hall–Kier alpha value is -0.160. The standard InChI is InChI=1S/C12H25NO3/c1-15-7-8-16-10-12(14)9-13-6-5-11-3-2-4-11/h11-14H,2-10H2,1H3. The van der Waals surface area contributed by atoms with Crippen LogP contribution in [0.2, 0.25) is 0 Å². The summed E-state index contributed by atoms with van der Waals surface area (Å²) in [6, 6.07) is 0. The van der Waals surface area contributed by atoms with E-state index < -0.39 is 6.10 Å². The molecule has 0 heterocycles. The number of rotatable bonds is 10. The van der Waals surface area contributed by atoms with Gasteiger partial charge in [-0.3, -0.25) is 0 Å². The Balaban J connectivity index is 1.79. The SMILES string of the molecule is COCCOCC(O)CNCCC1CCC1. The summed E-state index contributed by atoms with van der Waals surface area (Å²) in [7, 11) is 1.64. The minimum Gasteiger partial charge on any atom is -0.389 e. The molecule has 0 bridgehead atoms. The molecule has 1 unspecified atom stereocenters. The van der Waals surface area contributed by atoms with Crippen molar-refractivity contribution < 1.29 is 14.6 Å². The van der Waals surface area contributed by atoms with Crippen molar-refractivity contribution in [3.8, 4) is 0 Å². The number of hydrogen-bond acceptors (Lipinski definition) is 4. The first-order valence-electron chi connectivity index (χ1n) is 6.28. The molecule has 1 fully saturated rings. The van der Waals surface area contributed by atoms with Crippen LogP contribution in [0.5, 0.6) is 0 Å². The summed E-state index contributed by atoms with van der Waals surface area (Å²) >= 11 is 0. The molecule has 0 aromatic rings. The first-order valence-corrected chi connectivity index (χ1v) is 6.28. The van der Waals surface area contributed by atoms with E-state index >= 15 is 0 Å². The zero-order valence-electron chi connectivity index (χ0n) is 10.3. The van der Waals surface area contributed by atoms with Crippen LogP contribution in [-0.4, -0.2) is 51.2 Å². The van der Waals surface area contributed by atoms with Crippen molar-refractivity contribution in [1.29, 1.82) is 0 Å². The Bertz CT molecular complexity index is 162. The average Bonchev–Trinajstić information content (AvgIpc) is 2.21. The van der Waals surface area contributed by atoms with E-state index in [0.717, 1.165) is 12.5 Å². The lowest BCUT2D eigenvalue weighted by atomic mass is 9.83. The van der Waals surface area contributed by atoms with E-state index in [1.165, 1.54) is 25.7 Å². The molecule has 1 rings (SSSR count). The Kier molecular flexibility index (Phi) is 7.76. The van der Waals surface area contributed by atoms with E-state index in [2.05, 4.69) is 5.32 Å². The number of methoxy groups -OCH3 is 1. The fraction of sp³-hybridized carbons (Fsp3) is 1.00. The molecule has 4 heteroatoms. The summed E-state index contributed by atoms with van der Waals surface area (Å²) in [6.45, 7) is 3.16. The molecular weight excluding hydrogens is 206 g/mol. The largest absolute Gasteiger partial charge is 0.389 e. The molecule has 0 radical (unpaired) electrons. The minimum absolute atomic E-state index is 0.389. The van der Waals surface area contributed by atoms with Crippen LogP contribution < -0.4 is 5.32 Å². The van der Waals surface area contributed by atoms with Crippen LogP contribution in [0.25, 0.3) is 0 Å². The summed E-state index contributed by atoms with van der Waals surface area (Å²) in [5, 5.41) is 12.8. The van der Waals surface area contributed by atoms with E-state index in [-0.39, 0.29) is 0 Å². The van der Waals surface area contributed by atoms with Crippen molar-refractivity contribution in [3.05, 3.63) is 0 Å². The fourth-order valence-corrected chi connectivity index (χ4v) is 1.78. The van der Waals surface area contributed by atoms with Crippen LogP contribution >= 0.6 is 0 Å². The number of ether oxygens (including phenoxy) is 2. The third-order valence-corrected chi connectivity index (χ3v) is 3.08. The lowest BCUT2D eigenvalue weighted by Gasteiger charge is -2.25. The smallest absolute Gasteiger partial charge is 0.0897 e. The number of aliphatic hydroxyl groups is 1. The summed E-state index contributed by atoms with van der Waals surface area (Å²) in [4.78, 5) is 0. The Morgan fingerprint density at radius 1 is 1.38 bits per heavy atom. The van der Waals surface area contributed by atoms with Crippen molar-refractivity contribution in [1.82, 2.24) is 5.32 Å². The summed E-state index contributed by atoms with van der Waals surface area (Å²) in [5.74, 6) is 0.933. The van der Waals surface area contributed by atoms with Gasteiger partial charge < -0.3 is 19.9 Å². The summed E-state index contributed by atoms with van der Waals surface area (Å²) in [6.07, 6.45) is 5.03. The minimum atomic E-state index is -0.404. The predicted octanol–water partition coefficient (Wildman–Crippen LogP) is 0.790. The zero-order chi connectivity index (χ0) is 11.6. The second kappa shape index (κ2) is 8.93. The highest BCUT2D eigenvalue weighted by Crippen LogP contribution is 2.28. The van der Waals surface area contributed by atoms with Gasteiger partial charge in [-0.2, -0.15) is 0 Å². The molecule has 1 aliphatic rings. The van der Waals surface area contributed by atoms with Crippen LogP contribution in [0.15, 0.2) is 0 Å². The molecule has 2 N–H and O–H groups in total. The highest BCUT2D eigenvalue weighted by atomic mass is 16.5. The lowest BCUT2D eigenvalue weighted by molar-refractivity contribution is 0.0137. The van der Waals surface area contributed by atoms with Gasteiger partial charge in [-0.25, -0.2) is 0 Å².